The van der Waals surface area contributed by atoms with Gasteiger partial charge in [-0.3, -0.25) is 9.59 Å². The molecule has 0 fully saturated rings. The van der Waals surface area contributed by atoms with E-state index in [2.05, 4.69) is 0 Å². The standard InChI is InChI=1S/C10H19NO5/c1-10(2,3)16-7(13)4-6(5-12)8(11)9(14)15/h6,8,12H,4-5,11H2,1-3H3,(H,14,15)/t6?,8-/m1/s1. The van der Waals surface area contributed by atoms with Gasteiger partial charge in [0.2, 0.25) is 0 Å². The summed E-state index contributed by atoms with van der Waals surface area (Å²) in [4.78, 5) is 22.0. The molecule has 4 N–H and O–H groups in total. The molecule has 1 unspecified atom stereocenters. The second-order valence-electron chi connectivity index (χ2n) is 4.60. The molecule has 0 saturated heterocycles. The molecular weight excluding hydrogens is 214 g/mol. The van der Waals surface area contributed by atoms with Crippen LogP contribution in [0, 0.1) is 5.92 Å². The lowest BCUT2D eigenvalue weighted by Crippen LogP contribution is -2.41. The number of carboxylic acids is 1. The molecule has 0 aliphatic heterocycles. The SMILES string of the molecule is CC(C)(C)OC(=O)CC(CO)[C@@H](N)C(=O)O. The van der Waals surface area contributed by atoms with E-state index in [0.717, 1.165) is 0 Å². The molecule has 0 aliphatic rings. The second kappa shape index (κ2) is 5.81. The van der Waals surface area contributed by atoms with E-state index < -0.39 is 36.1 Å². The van der Waals surface area contributed by atoms with Crippen molar-refractivity contribution >= 4 is 11.9 Å². The van der Waals surface area contributed by atoms with Gasteiger partial charge in [0.15, 0.2) is 0 Å². The zero-order valence-corrected chi connectivity index (χ0v) is 9.77. The number of aliphatic hydroxyl groups is 1. The van der Waals surface area contributed by atoms with Crippen LogP contribution in [-0.2, 0) is 14.3 Å². The topological polar surface area (TPSA) is 110 Å². The average molecular weight is 233 g/mol. The number of ether oxygens (including phenoxy) is 1. The predicted octanol–water partition coefficient (Wildman–Crippen LogP) is -0.261. The Labute approximate surface area is 94.4 Å². The number of aliphatic hydroxyl groups excluding tert-OH is 1. The molecule has 6 nitrogen and oxygen atoms in total. The van der Waals surface area contributed by atoms with E-state index in [9.17, 15) is 9.59 Å². The Kier molecular flexibility index (Phi) is 5.40. The number of carbonyl (C=O) groups excluding carboxylic acids is 1. The van der Waals surface area contributed by atoms with Gasteiger partial charge in [0.25, 0.3) is 0 Å². The minimum Gasteiger partial charge on any atom is -0.480 e. The fourth-order valence-corrected chi connectivity index (χ4v) is 1.10. The van der Waals surface area contributed by atoms with Gasteiger partial charge in [0.05, 0.1) is 6.42 Å². The molecule has 0 aromatic carbocycles. The third-order valence-electron chi connectivity index (χ3n) is 1.88. The number of rotatable bonds is 5. The first-order chi connectivity index (χ1) is 7.17. The summed E-state index contributed by atoms with van der Waals surface area (Å²) in [6, 6.07) is -1.27. The summed E-state index contributed by atoms with van der Waals surface area (Å²) in [6.45, 7) is 4.65. The molecule has 0 aromatic heterocycles. The lowest BCUT2D eigenvalue weighted by Gasteiger charge is -2.22. The molecular formula is C10H19NO5. The van der Waals surface area contributed by atoms with Crippen LogP contribution in [0.5, 0.6) is 0 Å². The summed E-state index contributed by atoms with van der Waals surface area (Å²) in [5.74, 6) is -2.64. The molecule has 0 aromatic rings. The number of esters is 1. The fraction of sp³-hybridized carbons (Fsp3) is 0.800. The van der Waals surface area contributed by atoms with Crippen LogP contribution in [0.1, 0.15) is 27.2 Å². The van der Waals surface area contributed by atoms with Crippen molar-refractivity contribution in [1.29, 1.82) is 0 Å². The minimum atomic E-state index is -1.27. The molecule has 0 aliphatic carbocycles. The summed E-state index contributed by atoms with van der Waals surface area (Å²) in [7, 11) is 0. The van der Waals surface area contributed by atoms with E-state index in [1.54, 1.807) is 20.8 Å². The number of hydrogen-bond donors (Lipinski definition) is 3. The zero-order chi connectivity index (χ0) is 12.9. The molecule has 0 saturated carbocycles. The molecule has 2 atom stereocenters. The predicted molar refractivity (Wildman–Crippen MR) is 56.6 cm³/mol. The average Bonchev–Trinajstić information content (AvgIpc) is 2.09. The van der Waals surface area contributed by atoms with Crippen molar-refractivity contribution in [3.63, 3.8) is 0 Å². The van der Waals surface area contributed by atoms with E-state index in [-0.39, 0.29) is 6.42 Å². The van der Waals surface area contributed by atoms with Gasteiger partial charge < -0.3 is 20.7 Å². The van der Waals surface area contributed by atoms with Crippen LogP contribution < -0.4 is 5.73 Å². The van der Waals surface area contributed by atoms with Gasteiger partial charge in [0, 0.05) is 12.5 Å². The van der Waals surface area contributed by atoms with Crippen molar-refractivity contribution in [3.8, 4) is 0 Å². The first-order valence-corrected chi connectivity index (χ1v) is 4.98. The van der Waals surface area contributed by atoms with Gasteiger partial charge in [-0.25, -0.2) is 0 Å². The normalized spacial score (nSPS) is 15.3. The third-order valence-corrected chi connectivity index (χ3v) is 1.88. The van der Waals surface area contributed by atoms with Crippen molar-refractivity contribution in [2.24, 2.45) is 11.7 Å². The number of carboxylic acid groups (broad SMARTS) is 1. The van der Waals surface area contributed by atoms with Gasteiger partial charge in [-0.2, -0.15) is 0 Å². The molecule has 0 amide bonds. The highest BCUT2D eigenvalue weighted by molar-refractivity contribution is 5.76. The van der Waals surface area contributed by atoms with Crippen molar-refractivity contribution in [3.05, 3.63) is 0 Å². The number of nitrogens with two attached hydrogens (primary N) is 1. The molecule has 0 radical (unpaired) electrons. The van der Waals surface area contributed by atoms with Crippen molar-refractivity contribution in [2.45, 2.75) is 38.8 Å². The molecule has 16 heavy (non-hydrogen) atoms. The van der Waals surface area contributed by atoms with E-state index in [0.29, 0.717) is 0 Å². The Bertz CT molecular complexity index is 258. The van der Waals surface area contributed by atoms with Gasteiger partial charge in [-0.05, 0) is 20.8 Å². The molecule has 0 rings (SSSR count). The van der Waals surface area contributed by atoms with Crippen molar-refractivity contribution in [2.75, 3.05) is 6.61 Å². The van der Waals surface area contributed by atoms with Crippen molar-refractivity contribution in [1.82, 2.24) is 0 Å². The summed E-state index contributed by atoms with van der Waals surface area (Å²) in [6.07, 6.45) is -0.207. The second-order valence-corrected chi connectivity index (χ2v) is 4.60. The highest BCUT2D eigenvalue weighted by Gasteiger charge is 2.28. The van der Waals surface area contributed by atoms with E-state index in [4.69, 9.17) is 20.7 Å². The first kappa shape index (κ1) is 14.9. The van der Waals surface area contributed by atoms with Gasteiger partial charge in [-0.15, -0.1) is 0 Å². The lowest BCUT2D eigenvalue weighted by molar-refractivity contribution is -0.157. The summed E-state index contributed by atoms with van der Waals surface area (Å²) < 4.78 is 5.00. The Hall–Kier alpha value is -1.14. The van der Waals surface area contributed by atoms with E-state index in [1.165, 1.54) is 0 Å². The number of hydrogen-bond acceptors (Lipinski definition) is 5. The minimum absolute atomic E-state index is 0.207. The van der Waals surface area contributed by atoms with Crippen LogP contribution in [0.2, 0.25) is 0 Å². The Morgan fingerprint density at radius 1 is 1.38 bits per heavy atom. The molecule has 0 bridgehead atoms. The van der Waals surface area contributed by atoms with Crippen LogP contribution >= 0.6 is 0 Å². The molecule has 6 heteroatoms. The number of carbonyl (C=O) groups is 2. The smallest absolute Gasteiger partial charge is 0.320 e. The number of aliphatic carboxylic acids is 1. The van der Waals surface area contributed by atoms with Crippen molar-refractivity contribution < 1.29 is 24.5 Å². The van der Waals surface area contributed by atoms with Crippen LogP contribution in [0.3, 0.4) is 0 Å². The molecule has 0 spiro atoms. The Morgan fingerprint density at radius 2 is 1.88 bits per heavy atom. The summed E-state index contributed by atoms with van der Waals surface area (Å²) in [5, 5.41) is 17.6. The van der Waals surface area contributed by atoms with Gasteiger partial charge in [0.1, 0.15) is 11.6 Å². The maximum Gasteiger partial charge on any atom is 0.320 e. The van der Waals surface area contributed by atoms with Crippen LogP contribution in [-0.4, -0.2) is 40.4 Å². The van der Waals surface area contributed by atoms with Crippen LogP contribution in [0.4, 0.5) is 0 Å². The zero-order valence-electron chi connectivity index (χ0n) is 9.77. The van der Waals surface area contributed by atoms with Gasteiger partial charge >= 0.3 is 11.9 Å². The summed E-state index contributed by atoms with van der Waals surface area (Å²) >= 11 is 0. The third kappa shape index (κ3) is 5.67. The highest BCUT2D eigenvalue weighted by atomic mass is 16.6. The highest BCUT2D eigenvalue weighted by Crippen LogP contribution is 2.13. The first-order valence-electron chi connectivity index (χ1n) is 4.98. The Balaban J connectivity index is 4.33. The van der Waals surface area contributed by atoms with E-state index >= 15 is 0 Å². The molecule has 0 heterocycles. The van der Waals surface area contributed by atoms with Gasteiger partial charge in [-0.1, -0.05) is 0 Å². The Morgan fingerprint density at radius 3 is 2.19 bits per heavy atom. The maximum absolute atomic E-state index is 11.4. The van der Waals surface area contributed by atoms with Crippen LogP contribution in [0.15, 0.2) is 0 Å². The fourth-order valence-electron chi connectivity index (χ4n) is 1.10. The monoisotopic (exact) mass is 233 g/mol. The van der Waals surface area contributed by atoms with Crippen LogP contribution in [0.25, 0.3) is 0 Å². The maximum atomic E-state index is 11.4. The molecule has 94 valence electrons. The largest absolute Gasteiger partial charge is 0.480 e. The lowest BCUT2D eigenvalue weighted by atomic mass is 9.98. The van der Waals surface area contributed by atoms with E-state index in [1.807, 2.05) is 0 Å². The quantitative estimate of drug-likeness (QED) is 0.564. The summed E-state index contributed by atoms with van der Waals surface area (Å²) in [5.41, 5.74) is 4.68.